The van der Waals surface area contributed by atoms with Crippen LogP contribution in [0, 0.1) is 0 Å². The van der Waals surface area contributed by atoms with Gasteiger partial charge in [-0.3, -0.25) is 4.79 Å². The molecule has 10 heavy (non-hydrogen) atoms. The summed E-state index contributed by atoms with van der Waals surface area (Å²) in [6, 6.07) is 0.123. The van der Waals surface area contributed by atoms with Crippen molar-refractivity contribution in [3.63, 3.8) is 0 Å². The van der Waals surface area contributed by atoms with Gasteiger partial charge in [0.1, 0.15) is 6.26 Å². The van der Waals surface area contributed by atoms with Crippen LogP contribution in [0.5, 0.6) is 0 Å². The highest BCUT2D eigenvalue weighted by molar-refractivity contribution is 5.77. The molecule has 0 aliphatic carbocycles. The van der Waals surface area contributed by atoms with E-state index in [0.717, 1.165) is 0 Å². The second-order valence-electron chi connectivity index (χ2n) is 2.49. The minimum Gasteiger partial charge on any atom is -0.385 e. The molecule has 0 saturated carbocycles. The van der Waals surface area contributed by atoms with Gasteiger partial charge in [0, 0.05) is 0 Å². The van der Waals surface area contributed by atoms with Crippen LogP contribution < -0.4 is 0 Å². The first-order valence-electron chi connectivity index (χ1n) is 3.35. The van der Waals surface area contributed by atoms with E-state index in [1.807, 2.05) is 13.8 Å². The topological polar surface area (TPSA) is 29.5 Å². The Labute approximate surface area is 60.2 Å². The number of amides is 1. The number of carbonyl (C=O) groups excluding carboxylic acids is 1. The fourth-order valence-electron chi connectivity index (χ4n) is 0.816. The van der Waals surface area contributed by atoms with Gasteiger partial charge in [0.05, 0.1) is 12.5 Å². The summed E-state index contributed by atoms with van der Waals surface area (Å²) in [6.07, 6.45) is 3.71. The van der Waals surface area contributed by atoms with Crippen molar-refractivity contribution in [2.24, 2.45) is 0 Å². The van der Waals surface area contributed by atoms with Crippen molar-refractivity contribution in [1.82, 2.24) is 5.06 Å². The molecule has 1 amide bonds. The van der Waals surface area contributed by atoms with Crippen LogP contribution >= 0.6 is 0 Å². The van der Waals surface area contributed by atoms with Gasteiger partial charge in [-0.25, -0.2) is 0 Å². The van der Waals surface area contributed by atoms with Crippen LogP contribution in [0.4, 0.5) is 0 Å². The van der Waals surface area contributed by atoms with Gasteiger partial charge in [-0.15, -0.1) is 0 Å². The maximum absolute atomic E-state index is 11.0. The molecule has 0 bridgehead atoms. The third-order valence-corrected chi connectivity index (χ3v) is 1.28. The summed E-state index contributed by atoms with van der Waals surface area (Å²) in [5.74, 6) is 0.0255. The SMILES string of the molecule is CC(C)N1OC=CCC1=O. The Bertz CT molecular complexity index is 163. The minimum absolute atomic E-state index is 0.0255. The van der Waals surface area contributed by atoms with Gasteiger partial charge < -0.3 is 4.84 Å². The van der Waals surface area contributed by atoms with Gasteiger partial charge in [-0.1, -0.05) is 0 Å². The van der Waals surface area contributed by atoms with Crippen molar-refractivity contribution in [2.45, 2.75) is 26.3 Å². The van der Waals surface area contributed by atoms with E-state index < -0.39 is 0 Å². The summed E-state index contributed by atoms with van der Waals surface area (Å²) in [4.78, 5) is 15.9. The highest BCUT2D eigenvalue weighted by Crippen LogP contribution is 2.08. The second kappa shape index (κ2) is 2.73. The molecule has 1 aliphatic rings. The van der Waals surface area contributed by atoms with Crippen molar-refractivity contribution in [3.05, 3.63) is 12.3 Å². The van der Waals surface area contributed by atoms with Gasteiger partial charge in [-0.05, 0) is 19.9 Å². The predicted octanol–water partition coefficient (Wildman–Crippen LogP) is 1.07. The fraction of sp³-hybridized carbons (Fsp3) is 0.571. The van der Waals surface area contributed by atoms with Crippen LogP contribution in [0.1, 0.15) is 20.3 Å². The van der Waals surface area contributed by atoms with E-state index in [4.69, 9.17) is 4.84 Å². The van der Waals surface area contributed by atoms with Crippen LogP contribution in [0.25, 0.3) is 0 Å². The van der Waals surface area contributed by atoms with Gasteiger partial charge in [0.2, 0.25) is 0 Å². The molecule has 0 spiro atoms. The number of hydrogen-bond donors (Lipinski definition) is 0. The van der Waals surface area contributed by atoms with Crippen LogP contribution in [-0.4, -0.2) is 17.0 Å². The Balaban J connectivity index is 2.59. The fourth-order valence-corrected chi connectivity index (χ4v) is 0.816. The van der Waals surface area contributed by atoms with E-state index >= 15 is 0 Å². The molecule has 0 saturated heterocycles. The van der Waals surface area contributed by atoms with E-state index in [9.17, 15) is 4.79 Å². The molecule has 1 rings (SSSR count). The van der Waals surface area contributed by atoms with Crippen molar-refractivity contribution in [3.8, 4) is 0 Å². The van der Waals surface area contributed by atoms with Crippen LogP contribution in [0.3, 0.4) is 0 Å². The molecule has 0 aromatic rings. The average molecular weight is 141 g/mol. The maximum Gasteiger partial charge on any atom is 0.259 e. The van der Waals surface area contributed by atoms with Crippen LogP contribution in [0.15, 0.2) is 12.3 Å². The van der Waals surface area contributed by atoms with Crippen LogP contribution in [-0.2, 0) is 9.63 Å². The molecule has 1 aliphatic heterocycles. The summed E-state index contributed by atoms with van der Waals surface area (Å²) < 4.78 is 0. The molecular weight excluding hydrogens is 130 g/mol. The number of hydrogen-bond acceptors (Lipinski definition) is 2. The van der Waals surface area contributed by atoms with Crippen molar-refractivity contribution < 1.29 is 9.63 Å². The molecule has 3 nitrogen and oxygen atoms in total. The zero-order valence-corrected chi connectivity index (χ0v) is 6.20. The zero-order valence-electron chi connectivity index (χ0n) is 6.20. The van der Waals surface area contributed by atoms with Crippen molar-refractivity contribution >= 4 is 5.91 Å². The molecule has 0 aromatic heterocycles. The van der Waals surface area contributed by atoms with E-state index in [-0.39, 0.29) is 11.9 Å². The average Bonchev–Trinajstić information content (AvgIpc) is 1.88. The van der Waals surface area contributed by atoms with E-state index in [1.165, 1.54) is 5.06 Å². The minimum atomic E-state index is 0.0255. The highest BCUT2D eigenvalue weighted by atomic mass is 16.7. The number of rotatable bonds is 1. The van der Waals surface area contributed by atoms with Gasteiger partial charge in [-0.2, -0.15) is 5.06 Å². The van der Waals surface area contributed by atoms with Crippen molar-refractivity contribution in [1.29, 1.82) is 0 Å². The third kappa shape index (κ3) is 1.29. The number of nitrogens with zero attached hydrogens (tertiary/aromatic N) is 1. The highest BCUT2D eigenvalue weighted by Gasteiger charge is 2.18. The van der Waals surface area contributed by atoms with Crippen molar-refractivity contribution in [2.75, 3.05) is 0 Å². The Kier molecular flexibility index (Phi) is 1.94. The Hall–Kier alpha value is -0.990. The summed E-state index contributed by atoms with van der Waals surface area (Å²) in [6.45, 7) is 3.83. The lowest BCUT2D eigenvalue weighted by molar-refractivity contribution is -0.177. The summed E-state index contributed by atoms with van der Waals surface area (Å²) >= 11 is 0. The quantitative estimate of drug-likeness (QED) is 0.546. The summed E-state index contributed by atoms with van der Waals surface area (Å²) in [7, 11) is 0. The Morgan fingerprint density at radius 3 is 2.80 bits per heavy atom. The van der Waals surface area contributed by atoms with E-state index in [0.29, 0.717) is 6.42 Å². The molecule has 0 N–H and O–H groups in total. The first-order chi connectivity index (χ1) is 4.72. The summed E-state index contributed by atoms with van der Waals surface area (Å²) in [5.41, 5.74) is 0. The smallest absolute Gasteiger partial charge is 0.259 e. The number of carbonyl (C=O) groups is 1. The molecule has 0 unspecified atom stereocenters. The first-order valence-corrected chi connectivity index (χ1v) is 3.35. The summed E-state index contributed by atoms with van der Waals surface area (Å²) in [5, 5.41) is 1.38. The standard InChI is InChI=1S/C7H11NO2/c1-6(2)8-7(9)4-3-5-10-8/h3,5-6H,4H2,1-2H3. The lowest BCUT2D eigenvalue weighted by Gasteiger charge is -2.25. The predicted molar refractivity (Wildman–Crippen MR) is 36.8 cm³/mol. The second-order valence-corrected chi connectivity index (χ2v) is 2.49. The van der Waals surface area contributed by atoms with E-state index in [2.05, 4.69) is 0 Å². The number of hydroxylamine groups is 2. The molecule has 0 radical (unpaired) electrons. The lowest BCUT2D eigenvalue weighted by Crippen LogP contribution is -2.36. The van der Waals surface area contributed by atoms with E-state index in [1.54, 1.807) is 12.3 Å². The lowest BCUT2D eigenvalue weighted by atomic mass is 10.3. The molecule has 0 atom stereocenters. The molecule has 1 heterocycles. The van der Waals surface area contributed by atoms with Gasteiger partial charge in [0.15, 0.2) is 0 Å². The molecule has 0 fully saturated rings. The normalized spacial score (nSPS) is 17.9. The monoisotopic (exact) mass is 141 g/mol. The van der Waals surface area contributed by atoms with Crippen LogP contribution in [0.2, 0.25) is 0 Å². The first kappa shape index (κ1) is 7.12. The Morgan fingerprint density at radius 1 is 1.70 bits per heavy atom. The largest absolute Gasteiger partial charge is 0.385 e. The zero-order chi connectivity index (χ0) is 7.56. The Morgan fingerprint density at radius 2 is 2.40 bits per heavy atom. The molecule has 3 heteroatoms. The third-order valence-electron chi connectivity index (χ3n) is 1.28. The van der Waals surface area contributed by atoms with Gasteiger partial charge >= 0.3 is 0 Å². The molecular formula is C7H11NO2. The molecule has 0 aromatic carbocycles. The molecule has 56 valence electrons. The maximum atomic E-state index is 11.0. The van der Waals surface area contributed by atoms with Gasteiger partial charge in [0.25, 0.3) is 5.91 Å².